The summed E-state index contributed by atoms with van der Waals surface area (Å²) in [5.74, 6) is -0.343. The fraction of sp³-hybridized carbons (Fsp3) is 0.625. The Balaban J connectivity index is 0.00000288. The molecule has 3 N–H and O–H groups in total. The van der Waals surface area contributed by atoms with E-state index in [1.54, 1.807) is 6.07 Å². The molecule has 0 amide bonds. The van der Waals surface area contributed by atoms with E-state index in [-0.39, 0.29) is 18.3 Å². The van der Waals surface area contributed by atoms with E-state index in [4.69, 9.17) is 5.73 Å². The molecule has 0 saturated heterocycles. The molecule has 8 heteroatoms. The SMILES string of the molecule is Cl.N[C@H](c1cccc(OC(F)(F)C(F)F)c1)[C@@H](O)C1CCCCC1. The molecule has 2 rings (SSSR count). The molecule has 1 aromatic rings. The van der Waals surface area contributed by atoms with Crippen molar-refractivity contribution in [3.8, 4) is 5.75 Å². The third-order valence-corrected chi connectivity index (χ3v) is 4.25. The first-order valence-corrected chi connectivity index (χ1v) is 7.70. The van der Waals surface area contributed by atoms with Crippen molar-refractivity contribution in [2.24, 2.45) is 11.7 Å². The third kappa shape index (κ3) is 5.22. The summed E-state index contributed by atoms with van der Waals surface area (Å²) in [7, 11) is 0. The smallest absolute Gasteiger partial charge is 0.428 e. The van der Waals surface area contributed by atoms with Gasteiger partial charge >= 0.3 is 12.5 Å². The summed E-state index contributed by atoms with van der Waals surface area (Å²) in [5, 5.41) is 10.4. The third-order valence-electron chi connectivity index (χ3n) is 4.25. The van der Waals surface area contributed by atoms with Crippen LogP contribution < -0.4 is 10.5 Å². The van der Waals surface area contributed by atoms with Crippen molar-refractivity contribution in [1.82, 2.24) is 0 Å². The van der Waals surface area contributed by atoms with E-state index in [1.807, 2.05) is 0 Å². The van der Waals surface area contributed by atoms with Crippen molar-refractivity contribution in [2.45, 2.75) is 56.8 Å². The summed E-state index contributed by atoms with van der Waals surface area (Å²) in [6, 6.07) is 4.50. The zero-order valence-corrected chi connectivity index (χ0v) is 13.8. The second kappa shape index (κ2) is 8.87. The number of halogens is 5. The molecule has 0 aromatic heterocycles. The fourth-order valence-electron chi connectivity index (χ4n) is 2.95. The first-order valence-electron chi connectivity index (χ1n) is 7.70. The minimum Gasteiger partial charge on any atom is -0.428 e. The van der Waals surface area contributed by atoms with Gasteiger partial charge in [0.15, 0.2) is 0 Å². The average Bonchev–Trinajstić information content (AvgIpc) is 2.54. The zero-order chi connectivity index (χ0) is 17.0. The van der Waals surface area contributed by atoms with Crippen molar-refractivity contribution in [2.75, 3.05) is 0 Å². The Hall–Kier alpha value is -1.05. The Kier molecular flexibility index (Phi) is 7.76. The molecule has 0 bridgehead atoms. The van der Waals surface area contributed by atoms with E-state index in [0.717, 1.165) is 38.2 Å². The molecule has 138 valence electrons. The summed E-state index contributed by atoms with van der Waals surface area (Å²) >= 11 is 0. The second-order valence-corrected chi connectivity index (χ2v) is 5.95. The number of hydrogen-bond donors (Lipinski definition) is 2. The van der Waals surface area contributed by atoms with Crippen LogP contribution in [0.2, 0.25) is 0 Å². The largest absolute Gasteiger partial charge is 0.461 e. The maximum Gasteiger partial charge on any atom is 0.461 e. The average molecular weight is 372 g/mol. The molecule has 1 aliphatic rings. The number of benzene rings is 1. The molecule has 1 saturated carbocycles. The highest BCUT2D eigenvalue weighted by Crippen LogP contribution is 2.33. The Morgan fingerprint density at radius 2 is 1.79 bits per heavy atom. The van der Waals surface area contributed by atoms with Crippen LogP contribution in [0.3, 0.4) is 0 Å². The van der Waals surface area contributed by atoms with Crippen molar-refractivity contribution in [3.63, 3.8) is 0 Å². The van der Waals surface area contributed by atoms with Crippen LogP contribution in [0, 0.1) is 5.92 Å². The molecular weight excluding hydrogens is 350 g/mol. The number of aliphatic hydroxyl groups excluding tert-OH is 1. The van der Waals surface area contributed by atoms with Crippen LogP contribution in [0.4, 0.5) is 17.6 Å². The first-order chi connectivity index (χ1) is 10.8. The van der Waals surface area contributed by atoms with Gasteiger partial charge in [0.1, 0.15) is 5.75 Å². The molecule has 0 unspecified atom stereocenters. The van der Waals surface area contributed by atoms with Gasteiger partial charge in [-0.3, -0.25) is 0 Å². The van der Waals surface area contributed by atoms with Gasteiger partial charge in [-0.25, -0.2) is 0 Å². The van der Waals surface area contributed by atoms with Crippen molar-refractivity contribution < 1.29 is 27.4 Å². The molecule has 24 heavy (non-hydrogen) atoms. The van der Waals surface area contributed by atoms with Gasteiger partial charge < -0.3 is 15.6 Å². The van der Waals surface area contributed by atoms with E-state index in [0.29, 0.717) is 5.56 Å². The molecule has 1 aromatic carbocycles. The van der Waals surface area contributed by atoms with E-state index in [1.165, 1.54) is 12.1 Å². The Labute approximate surface area is 144 Å². The lowest BCUT2D eigenvalue weighted by Crippen LogP contribution is -2.35. The predicted molar refractivity (Wildman–Crippen MR) is 84.8 cm³/mol. The van der Waals surface area contributed by atoms with E-state index >= 15 is 0 Å². The highest BCUT2D eigenvalue weighted by molar-refractivity contribution is 5.85. The minimum atomic E-state index is -4.56. The van der Waals surface area contributed by atoms with Crippen LogP contribution in [0.5, 0.6) is 5.75 Å². The molecule has 3 nitrogen and oxygen atoms in total. The maximum atomic E-state index is 13.0. The lowest BCUT2D eigenvalue weighted by molar-refractivity contribution is -0.253. The lowest BCUT2D eigenvalue weighted by atomic mass is 9.81. The molecule has 0 spiro atoms. The summed E-state index contributed by atoms with van der Waals surface area (Å²) in [4.78, 5) is 0. The quantitative estimate of drug-likeness (QED) is 0.733. The summed E-state index contributed by atoms with van der Waals surface area (Å²) < 4.78 is 54.4. The number of hydrogen-bond acceptors (Lipinski definition) is 3. The Bertz CT molecular complexity index is 513. The Morgan fingerprint density at radius 3 is 2.38 bits per heavy atom. The molecule has 1 aliphatic carbocycles. The second-order valence-electron chi connectivity index (χ2n) is 5.95. The lowest BCUT2D eigenvalue weighted by Gasteiger charge is -2.30. The first kappa shape index (κ1) is 21.0. The van der Waals surface area contributed by atoms with Gasteiger partial charge in [-0.2, -0.15) is 17.6 Å². The normalized spacial score (nSPS) is 18.8. The molecular formula is C16H22ClF4NO2. The van der Waals surface area contributed by atoms with Crippen LogP contribution in [0.1, 0.15) is 43.7 Å². The van der Waals surface area contributed by atoms with Crippen LogP contribution in [0.15, 0.2) is 24.3 Å². The molecule has 0 radical (unpaired) electrons. The maximum absolute atomic E-state index is 13.0. The highest BCUT2D eigenvalue weighted by atomic mass is 35.5. The van der Waals surface area contributed by atoms with E-state index < -0.39 is 30.4 Å². The fourth-order valence-corrected chi connectivity index (χ4v) is 2.95. The molecule has 0 aliphatic heterocycles. The topological polar surface area (TPSA) is 55.5 Å². The van der Waals surface area contributed by atoms with Gasteiger partial charge in [-0.15, -0.1) is 12.4 Å². The number of alkyl halides is 4. The van der Waals surface area contributed by atoms with Crippen LogP contribution >= 0.6 is 12.4 Å². The predicted octanol–water partition coefficient (Wildman–Crippen LogP) is 4.29. The molecule has 0 heterocycles. The van der Waals surface area contributed by atoms with Crippen molar-refractivity contribution in [3.05, 3.63) is 29.8 Å². The standard InChI is InChI=1S/C16H21F4NO2.ClH/c17-15(18)16(19,20)23-12-8-4-7-11(9-12)13(21)14(22)10-5-2-1-3-6-10;/h4,7-10,13-15,22H,1-3,5-6,21H2;1H/t13-,14+;/m1./s1. The number of aliphatic hydroxyl groups is 1. The molecule has 2 atom stereocenters. The molecule has 1 fully saturated rings. The summed E-state index contributed by atoms with van der Waals surface area (Å²) in [5.41, 5.74) is 6.40. The number of rotatable bonds is 6. The summed E-state index contributed by atoms with van der Waals surface area (Å²) in [6.07, 6.45) is -4.37. The van der Waals surface area contributed by atoms with Crippen LogP contribution in [-0.4, -0.2) is 23.7 Å². The van der Waals surface area contributed by atoms with Gasteiger partial charge in [-0.1, -0.05) is 31.4 Å². The van der Waals surface area contributed by atoms with Crippen LogP contribution in [0.25, 0.3) is 0 Å². The summed E-state index contributed by atoms with van der Waals surface area (Å²) in [6.45, 7) is 0. The van der Waals surface area contributed by atoms with E-state index in [9.17, 15) is 22.7 Å². The van der Waals surface area contributed by atoms with Gasteiger partial charge in [0.05, 0.1) is 12.1 Å². The monoisotopic (exact) mass is 371 g/mol. The Morgan fingerprint density at radius 1 is 1.17 bits per heavy atom. The zero-order valence-electron chi connectivity index (χ0n) is 13.0. The van der Waals surface area contributed by atoms with E-state index in [2.05, 4.69) is 4.74 Å². The van der Waals surface area contributed by atoms with Crippen LogP contribution in [-0.2, 0) is 0 Å². The number of nitrogens with two attached hydrogens (primary N) is 1. The van der Waals surface area contributed by atoms with Gasteiger partial charge in [-0.05, 0) is 36.5 Å². The van der Waals surface area contributed by atoms with Crippen molar-refractivity contribution in [1.29, 1.82) is 0 Å². The highest BCUT2D eigenvalue weighted by Gasteiger charge is 2.44. The number of ether oxygens (including phenoxy) is 1. The van der Waals surface area contributed by atoms with Gasteiger partial charge in [0.25, 0.3) is 0 Å². The van der Waals surface area contributed by atoms with Gasteiger partial charge in [0.2, 0.25) is 0 Å². The van der Waals surface area contributed by atoms with Gasteiger partial charge in [0, 0.05) is 0 Å². The minimum absolute atomic E-state index is 0. The van der Waals surface area contributed by atoms with Crippen molar-refractivity contribution >= 4 is 12.4 Å².